The van der Waals surface area contributed by atoms with E-state index in [9.17, 15) is 25.0 Å². The topological polar surface area (TPSA) is 153 Å². The molecular formula is C15H15N5O5. The second-order valence-corrected chi connectivity index (χ2v) is 5.30. The predicted octanol–water partition coefficient (Wildman–Crippen LogP) is 2.47. The normalized spacial score (nSPS) is 10.2. The van der Waals surface area contributed by atoms with Gasteiger partial charge in [0.25, 0.3) is 5.91 Å². The Morgan fingerprint density at radius 3 is 2.00 bits per heavy atom. The molecular weight excluding hydrogens is 330 g/mol. The summed E-state index contributed by atoms with van der Waals surface area (Å²) < 4.78 is 0. The minimum absolute atomic E-state index is 0.286. The standard InChI is InChI=1S/C15H15N5O5/c1-8-3-4-11(5-9(8)2)17-14-12(19(22)23)6-10(15(21)18-16)7-13(14)20(24)25/h3-7,17H,16H2,1-2H3,(H,18,21). The summed E-state index contributed by atoms with van der Waals surface area (Å²) in [5.41, 5.74) is 2.35. The fourth-order valence-electron chi connectivity index (χ4n) is 2.21. The van der Waals surface area contributed by atoms with E-state index in [1.54, 1.807) is 23.6 Å². The van der Waals surface area contributed by atoms with Gasteiger partial charge in [0.2, 0.25) is 0 Å². The van der Waals surface area contributed by atoms with Crippen LogP contribution >= 0.6 is 0 Å². The lowest BCUT2D eigenvalue weighted by Crippen LogP contribution is -2.30. The molecule has 0 fully saturated rings. The number of anilines is 2. The number of carbonyl (C=O) groups is 1. The van der Waals surface area contributed by atoms with Gasteiger partial charge in [-0.15, -0.1) is 0 Å². The maximum atomic E-state index is 11.6. The maximum absolute atomic E-state index is 11.6. The van der Waals surface area contributed by atoms with E-state index in [1.807, 2.05) is 13.8 Å². The van der Waals surface area contributed by atoms with Gasteiger partial charge in [0.15, 0.2) is 5.69 Å². The van der Waals surface area contributed by atoms with E-state index in [0.29, 0.717) is 5.69 Å². The number of amides is 1. The Labute approximate surface area is 141 Å². The highest BCUT2D eigenvalue weighted by Gasteiger charge is 2.28. The minimum Gasteiger partial charge on any atom is -0.344 e. The van der Waals surface area contributed by atoms with Gasteiger partial charge < -0.3 is 5.32 Å². The SMILES string of the molecule is Cc1ccc(Nc2c([N+](=O)[O-])cc(C(=O)NN)cc2[N+](=O)[O-])cc1C. The van der Waals surface area contributed by atoms with Crippen LogP contribution in [0, 0.1) is 34.1 Å². The van der Waals surface area contributed by atoms with E-state index in [1.165, 1.54) is 0 Å². The second-order valence-electron chi connectivity index (χ2n) is 5.30. The third-order valence-corrected chi connectivity index (χ3v) is 3.66. The molecule has 0 bridgehead atoms. The largest absolute Gasteiger partial charge is 0.344 e. The zero-order valence-corrected chi connectivity index (χ0v) is 13.4. The molecule has 0 saturated heterocycles. The van der Waals surface area contributed by atoms with E-state index < -0.39 is 27.1 Å². The Morgan fingerprint density at radius 1 is 1.00 bits per heavy atom. The molecule has 0 radical (unpaired) electrons. The van der Waals surface area contributed by atoms with Gasteiger partial charge in [-0.2, -0.15) is 0 Å². The minimum atomic E-state index is -0.871. The average Bonchev–Trinajstić information content (AvgIpc) is 2.57. The van der Waals surface area contributed by atoms with Crippen molar-refractivity contribution in [3.05, 3.63) is 67.3 Å². The van der Waals surface area contributed by atoms with Gasteiger partial charge in [-0.3, -0.25) is 30.4 Å². The van der Waals surface area contributed by atoms with Crippen LogP contribution in [0.4, 0.5) is 22.7 Å². The molecule has 4 N–H and O–H groups in total. The number of nitro benzene ring substituents is 2. The smallest absolute Gasteiger partial charge is 0.300 e. The number of nitrogens with zero attached hydrogens (tertiary/aromatic N) is 2. The highest BCUT2D eigenvalue weighted by atomic mass is 16.6. The first kappa shape index (κ1) is 17.8. The van der Waals surface area contributed by atoms with Gasteiger partial charge in [0.05, 0.1) is 15.4 Å². The number of benzene rings is 2. The summed E-state index contributed by atoms with van der Waals surface area (Å²) in [6, 6.07) is 7.00. The molecule has 25 heavy (non-hydrogen) atoms. The lowest BCUT2D eigenvalue weighted by molar-refractivity contribution is -0.392. The number of nitrogen functional groups attached to an aromatic ring is 1. The van der Waals surface area contributed by atoms with Crippen molar-refractivity contribution < 1.29 is 14.6 Å². The van der Waals surface area contributed by atoms with Gasteiger partial charge in [-0.1, -0.05) is 6.07 Å². The van der Waals surface area contributed by atoms with Crippen molar-refractivity contribution in [3.8, 4) is 0 Å². The van der Waals surface area contributed by atoms with Crippen molar-refractivity contribution in [2.24, 2.45) is 5.84 Å². The Bertz CT molecular complexity index is 846. The van der Waals surface area contributed by atoms with E-state index in [0.717, 1.165) is 23.3 Å². The molecule has 0 aliphatic carbocycles. The molecule has 0 aliphatic rings. The molecule has 0 spiro atoms. The number of aryl methyl sites for hydroxylation is 2. The average molecular weight is 345 g/mol. The molecule has 1 amide bonds. The second kappa shape index (κ2) is 6.93. The summed E-state index contributed by atoms with van der Waals surface area (Å²) in [5, 5.41) is 25.4. The van der Waals surface area contributed by atoms with Crippen molar-refractivity contribution in [1.82, 2.24) is 5.43 Å². The molecule has 0 heterocycles. The van der Waals surface area contributed by atoms with Crippen LogP contribution < -0.4 is 16.6 Å². The quantitative estimate of drug-likeness (QED) is 0.325. The first-order valence-electron chi connectivity index (χ1n) is 7.06. The first-order chi connectivity index (χ1) is 11.7. The number of nitrogens with two attached hydrogens (primary N) is 1. The molecule has 10 heteroatoms. The Balaban J connectivity index is 2.65. The van der Waals surface area contributed by atoms with E-state index >= 15 is 0 Å². The molecule has 130 valence electrons. The van der Waals surface area contributed by atoms with Crippen LogP contribution in [-0.4, -0.2) is 15.8 Å². The van der Waals surface area contributed by atoms with Gasteiger partial charge in [-0.05, 0) is 37.1 Å². The highest BCUT2D eigenvalue weighted by molar-refractivity contribution is 5.97. The van der Waals surface area contributed by atoms with Crippen molar-refractivity contribution in [3.63, 3.8) is 0 Å². The van der Waals surface area contributed by atoms with Crippen molar-refractivity contribution >= 4 is 28.7 Å². The van der Waals surface area contributed by atoms with Crippen LogP contribution in [0.5, 0.6) is 0 Å². The number of nitro groups is 2. The van der Waals surface area contributed by atoms with Crippen molar-refractivity contribution in [2.45, 2.75) is 13.8 Å². The summed E-state index contributed by atoms with van der Waals surface area (Å²) in [6.45, 7) is 3.74. The Morgan fingerprint density at radius 2 is 1.56 bits per heavy atom. The van der Waals surface area contributed by atoms with Gasteiger partial charge >= 0.3 is 11.4 Å². The molecule has 10 nitrogen and oxygen atoms in total. The van der Waals surface area contributed by atoms with Crippen LogP contribution in [0.15, 0.2) is 30.3 Å². The number of hydrazine groups is 1. The number of nitrogens with one attached hydrogen (secondary N) is 2. The number of rotatable bonds is 5. The summed E-state index contributed by atoms with van der Waals surface area (Å²) in [5.74, 6) is 4.12. The van der Waals surface area contributed by atoms with Crippen molar-refractivity contribution in [2.75, 3.05) is 5.32 Å². The Hall–Kier alpha value is -3.53. The predicted molar refractivity (Wildman–Crippen MR) is 90.6 cm³/mol. The molecule has 2 aromatic carbocycles. The molecule has 0 unspecified atom stereocenters. The summed E-state index contributed by atoms with van der Waals surface area (Å²) >= 11 is 0. The van der Waals surface area contributed by atoms with Crippen LogP contribution in [0.25, 0.3) is 0 Å². The lowest BCUT2D eigenvalue weighted by Gasteiger charge is -2.11. The monoisotopic (exact) mass is 345 g/mol. The zero-order valence-electron chi connectivity index (χ0n) is 13.4. The summed E-state index contributed by atoms with van der Waals surface area (Å²) in [4.78, 5) is 32.7. The van der Waals surface area contributed by atoms with Gasteiger partial charge in [-0.25, -0.2) is 5.84 Å². The third kappa shape index (κ3) is 3.70. The number of hydrogen-bond acceptors (Lipinski definition) is 7. The maximum Gasteiger partial charge on any atom is 0.300 e. The summed E-state index contributed by atoms with van der Waals surface area (Å²) in [7, 11) is 0. The molecule has 0 saturated carbocycles. The van der Waals surface area contributed by atoms with Crippen LogP contribution in [-0.2, 0) is 0 Å². The number of carbonyl (C=O) groups excluding carboxylic acids is 1. The summed E-state index contributed by atoms with van der Waals surface area (Å²) in [6.07, 6.45) is 0. The van der Waals surface area contributed by atoms with Gasteiger partial charge in [0, 0.05) is 17.8 Å². The molecule has 0 aromatic heterocycles. The fraction of sp³-hybridized carbons (Fsp3) is 0.133. The van der Waals surface area contributed by atoms with E-state index in [4.69, 9.17) is 5.84 Å². The molecule has 2 rings (SSSR count). The zero-order chi connectivity index (χ0) is 18.7. The Kier molecular flexibility index (Phi) is 4.94. The fourth-order valence-corrected chi connectivity index (χ4v) is 2.21. The van der Waals surface area contributed by atoms with Crippen molar-refractivity contribution in [1.29, 1.82) is 0 Å². The highest BCUT2D eigenvalue weighted by Crippen LogP contribution is 2.38. The van der Waals surface area contributed by atoms with Crippen LogP contribution in [0.2, 0.25) is 0 Å². The molecule has 0 atom stereocenters. The number of hydrogen-bond donors (Lipinski definition) is 3. The molecule has 2 aromatic rings. The van der Waals surface area contributed by atoms with E-state index in [2.05, 4.69) is 5.32 Å². The first-order valence-corrected chi connectivity index (χ1v) is 7.06. The van der Waals surface area contributed by atoms with E-state index in [-0.39, 0.29) is 11.3 Å². The van der Waals surface area contributed by atoms with Crippen LogP contribution in [0.3, 0.4) is 0 Å². The lowest BCUT2D eigenvalue weighted by atomic mass is 10.1. The third-order valence-electron chi connectivity index (χ3n) is 3.66. The molecule has 0 aliphatic heterocycles. The van der Waals surface area contributed by atoms with Gasteiger partial charge in [0.1, 0.15) is 0 Å². The van der Waals surface area contributed by atoms with Crippen LogP contribution in [0.1, 0.15) is 21.5 Å².